The summed E-state index contributed by atoms with van der Waals surface area (Å²) in [5.41, 5.74) is 9.87. The molecule has 1 aliphatic heterocycles. The van der Waals surface area contributed by atoms with Crippen molar-refractivity contribution in [3.05, 3.63) is 186 Å². The van der Waals surface area contributed by atoms with E-state index in [-0.39, 0.29) is 0 Å². The largest absolute Gasteiger partial charge is 0.457 e. The molecule has 0 N–H and O–H groups in total. The maximum absolute atomic E-state index is 6.55. The summed E-state index contributed by atoms with van der Waals surface area (Å²) in [6, 6.07) is 57.7. The number of para-hydroxylation sites is 2. The molecule has 2 aromatic heterocycles. The number of aromatic nitrogens is 3. The van der Waals surface area contributed by atoms with Gasteiger partial charge in [0, 0.05) is 48.0 Å². The van der Waals surface area contributed by atoms with Gasteiger partial charge in [0.25, 0.3) is 0 Å². The van der Waals surface area contributed by atoms with Crippen molar-refractivity contribution in [3.63, 3.8) is 0 Å². The van der Waals surface area contributed by atoms with Gasteiger partial charge in [0.2, 0.25) is 0 Å². The Hall–Kier alpha value is -6.43. The van der Waals surface area contributed by atoms with Gasteiger partial charge in [-0.2, -0.15) is 0 Å². The molecule has 1 spiro atoms. The van der Waals surface area contributed by atoms with Crippen molar-refractivity contribution < 1.29 is 4.74 Å². The van der Waals surface area contributed by atoms with E-state index in [1.807, 2.05) is 72.0 Å². The highest BCUT2D eigenvalue weighted by Gasteiger charge is 2.51. The molecule has 0 bridgehead atoms. The number of thiophene rings is 1. The summed E-state index contributed by atoms with van der Waals surface area (Å²) in [5.74, 6) is 3.79. The van der Waals surface area contributed by atoms with Crippen molar-refractivity contribution in [2.75, 3.05) is 0 Å². The Labute approximate surface area is 298 Å². The lowest BCUT2D eigenvalue weighted by atomic mass is 9.66. The first kappa shape index (κ1) is 28.4. The van der Waals surface area contributed by atoms with Crippen LogP contribution in [0, 0.1) is 0 Å². The Bertz CT molecular complexity index is 2740. The molecule has 1 aliphatic carbocycles. The Balaban J connectivity index is 1.13. The molecule has 4 nitrogen and oxygen atoms in total. The van der Waals surface area contributed by atoms with E-state index >= 15 is 0 Å². The average molecular weight is 670 g/mol. The van der Waals surface area contributed by atoms with Gasteiger partial charge in [-0.3, -0.25) is 0 Å². The van der Waals surface area contributed by atoms with Crippen LogP contribution in [0.1, 0.15) is 22.3 Å². The summed E-state index contributed by atoms with van der Waals surface area (Å²) in [6.45, 7) is 0. The Morgan fingerprint density at radius 3 is 1.57 bits per heavy atom. The van der Waals surface area contributed by atoms with E-state index in [4.69, 9.17) is 19.7 Å². The van der Waals surface area contributed by atoms with E-state index in [2.05, 4.69) is 103 Å². The van der Waals surface area contributed by atoms with Gasteiger partial charge in [0.1, 0.15) is 11.5 Å². The molecule has 0 amide bonds. The van der Waals surface area contributed by atoms with Gasteiger partial charge >= 0.3 is 0 Å². The molecule has 3 heterocycles. The molecule has 0 saturated heterocycles. The minimum Gasteiger partial charge on any atom is -0.457 e. The number of fused-ring (bicyclic) bond motifs is 12. The maximum atomic E-state index is 6.55. The fourth-order valence-corrected chi connectivity index (χ4v) is 9.36. The molecule has 0 saturated carbocycles. The molecular weight excluding hydrogens is 643 g/mol. The second-order valence-corrected chi connectivity index (χ2v) is 14.2. The first-order valence-corrected chi connectivity index (χ1v) is 17.9. The molecule has 2 aliphatic rings. The predicted octanol–water partition coefficient (Wildman–Crippen LogP) is 11.7. The summed E-state index contributed by atoms with van der Waals surface area (Å²) in [5, 5.41) is 2.47. The predicted molar refractivity (Wildman–Crippen MR) is 206 cm³/mol. The normalized spacial score (nSPS) is 13.4. The average Bonchev–Trinajstić information content (AvgIpc) is 3.70. The van der Waals surface area contributed by atoms with Crippen LogP contribution >= 0.6 is 11.3 Å². The first-order chi connectivity index (χ1) is 25.3. The number of hydrogen-bond acceptors (Lipinski definition) is 5. The fraction of sp³-hybridized carbons (Fsp3) is 0.0217. The molecule has 51 heavy (non-hydrogen) atoms. The maximum Gasteiger partial charge on any atom is 0.164 e. The number of hydrogen-bond donors (Lipinski definition) is 0. The second kappa shape index (κ2) is 10.8. The van der Waals surface area contributed by atoms with Gasteiger partial charge in [-0.25, -0.2) is 15.0 Å². The minimum atomic E-state index is -0.494. The zero-order valence-electron chi connectivity index (χ0n) is 27.2. The van der Waals surface area contributed by atoms with Gasteiger partial charge < -0.3 is 4.74 Å². The number of ether oxygens (including phenoxy) is 1. The van der Waals surface area contributed by atoms with Gasteiger partial charge in [-0.1, -0.05) is 133 Å². The smallest absolute Gasteiger partial charge is 0.164 e. The number of nitrogens with zero attached hydrogens (tertiary/aromatic N) is 3. The third kappa shape index (κ3) is 4.10. The Kier molecular flexibility index (Phi) is 6.01. The summed E-state index contributed by atoms with van der Waals surface area (Å²) in [4.78, 5) is 14.9. The van der Waals surface area contributed by atoms with Crippen molar-refractivity contribution in [3.8, 4) is 56.8 Å². The standard InChI is InChI=1S/C46H27N3OS/c1-3-13-28(14-4-1)43-47-44(29-15-5-2-6-16-29)49-45(48-43)30-23-24-32-34-26-38-33(27-42(34)51-41(32)25-30)31-17-7-8-18-35(31)46(38)36-19-9-11-21-39(36)50-40-22-12-10-20-37(40)46/h1-27H. The van der Waals surface area contributed by atoms with Gasteiger partial charge in [0.05, 0.1) is 5.41 Å². The lowest BCUT2D eigenvalue weighted by molar-refractivity contribution is 0.436. The quantitative estimate of drug-likeness (QED) is 0.188. The molecule has 5 heteroatoms. The number of benzene rings is 7. The molecule has 0 atom stereocenters. The van der Waals surface area contributed by atoms with Crippen LogP contribution in [0.4, 0.5) is 0 Å². The SMILES string of the molecule is c1ccc(-c2nc(-c3ccccc3)nc(-c3ccc4c(c3)sc3cc5c(cc34)C3(c4ccccc4Oc4ccccc43)c3ccccc3-5)n2)cc1. The molecule has 9 aromatic rings. The van der Waals surface area contributed by atoms with Crippen molar-refractivity contribution in [1.29, 1.82) is 0 Å². The molecule has 238 valence electrons. The van der Waals surface area contributed by atoms with Crippen LogP contribution in [0.2, 0.25) is 0 Å². The third-order valence-electron chi connectivity index (χ3n) is 10.4. The van der Waals surface area contributed by atoms with Crippen LogP contribution in [0.3, 0.4) is 0 Å². The van der Waals surface area contributed by atoms with E-state index in [0.717, 1.165) is 28.2 Å². The molecule has 0 unspecified atom stereocenters. The van der Waals surface area contributed by atoms with Crippen LogP contribution in [-0.4, -0.2) is 15.0 Å². The summed E-state index contributed by atoms with van der Waals surface area (Å²) in [6.07, 6.45) is 0. The third-order valence-corrected chi connectivity index (χ3v) is 11.5. The van der Waals surface area contributed by atoms with Gasteiger partial charge in [0.15, 0.2) is 17.5 Å². The lowest BCUT2D eigenvalue weighted by Crippen LogP contribution is -2.32. The van der Waals surface area contributed by atoms with Crippen LogP contribution in [0.25, 0.3) is 65.5 Å². The summed E-state index contributed by atoms with van der Waals surface area (Å²) in [7, 11) is 0. The zero-order chi connectivity index (χ0) is 33.5. The van der Waals surface area contributed by atoms with Crippen molar-refractivity contribution in [2.45, 2.75) is 5.41 Å². The monoisotopic (exact) mass is 669 g/mol. The van der Waals surface area contributed by atoms with Crippen molar-refractivity contribution in [1.82, 2.24) is 15.0 Å². The summed E-state index contributed by atoms with van der Waals surface area (Å²) >= 11 is 1.82. The zero-order valence-corrected chi connectivity index (χ0v) is 28.1. The molecule has 7 aromatic carbocycles. The Morgan fingerprint density at radius 2 is 0.922 bits per heavy atom. The minimum absolute atomic E-state index is 0.494. The molecular formula is C46H27N3OS. The summed E-state index contributed by atoms with van der Waals surface area (Å²) < 4.78 is 9.01. The van der Waals surface area contributed by atoms with Crippen LogP contribution < -0.4 is 4.74 Å². The first-order valence-electron chi connectivity index (χ1n) is 17.1. The van der Waals surface area contributed by atoms with E-state index in [0.29, 0.717) is 17.5 Å². The van der Waals surface area contributed by atoms with E-state index in [1.165, 1.54) is 53.6 Å². The van der Waals surface area contributed by atoms with E-state index < -0.39 is 5.41 Å². The molecule has 11 rings (SSSR count). The second-order valence-electron chi connectivity index (χ2n) is 13.1. The van der Waals surface area contributed by atoms with Crippen molar-refractivity contribution >= 4 is 31.5 Å². The topological polar surface area (TPSA) is 47.9 Å². The van der Waals surface area contributed by atoms with Crippen LogP contribution in [0.15, 0.2) is 164 Å². The highest BCUT2D eigenvalue weighted by atomic mass is 32.1. The Morgan fingerprint density at radius 1 is 0.392 bits per heavy atom. The van der Waals surface area contributed by atoms with Crippen LogP contribution in [-0.2, 0) is 5.41 Å². The molecule has 0 radical (unpaired) electrons. The fourth-order valence-electron chi connectivity index (χ4n) is 8.20. The van der Waals surface area contributed by atoms with Crippen molar-refractivity contribution in [2.24, 2.45) is 0 Å². The highest BCUT2D eigenvalue weighted by molar-refractivity contribution is 7.25. The van der Waals surface area contributed by atoms with Crippen LogP contribution in [0.5, 0.6) is 11.5 Å². The van der Waals surface area contributed by atoms with Gasteiger partial charge in [-0.05, 0) is 52.6 Å². The highest BCUT2D eigenvalue weighted by Crippen LogP contribution is 2.62. The molecule has 0 fully saturated rings. The van der Waals surface area contributed by atoms with Gasteiger partial charge in [-0.15, -0.1) is 11.3 Å². The van der Waals surface area contributed by atoms with E-state index in [1.54, 1.807) is 0 Å². The number of rotatable bonds is 3. The lowest BCUT2D eigenvalue weighted by Gasteiger charge is -2.39. The van der Waals surface area contributed by atoms with E-state index in [9.17, 15) is 0 Å².